The number of nitrogens with two attached hydrogens (primary N) is 1. The fourth-order valence-corrected chi connectivity index (χ4v) is 3.81. The summed E-state index contributed by atoms with van der Waals surface area (Å²) in [4.78, 5) is 0. The Morgan fingerprint density at radius 2 is 2.05 bits per heavy atom. The molecular weight excluding hydrogens is 260 g/mol. The molecule has 1 aromatic rings. The van der Waals surface area contributed by atoms with Crippen molar-refractivity contribution in [3.8, 4) is 0 Å². The summed E-state index contributed by atoms with van der Waals surface area (Å²) in [7, 11) is 2.04. The van der Waals surface area contributed by atoms with Gasteiger partial charge in [-0.15, -0.1) is 0 Å². The second-order valence-electron chi connectivity index (χ2n) is 6.65. The molecule has 120 valence electrons. The molecular formula is C17H32N4. The molecule has 2 rings (SSSR count). The molecule has 1 heterocycles. The fourth-order valence-electron chi connectivity index (χ4n) is 3.81. The van der Waals surface area contributed by atoms with Gasteiger partial charge in [0.2, 0.25) is 0 Å². The van der Waals surface area contributed by atoms with Crippen LogP contribution in [-0.4, -0.2) is 15.8 Å². The molecule has 4 nitrogen and oxygen atoms in total. The van der Waals surface area contributed by atoms with Crippen molar-refractivity contribution in [3.63, 3.8) is 0 Å². The summed E-state index contributed by atoms with van der Waals surface area (Å²) in [5, 5.41) is 4.55. The lowest BCUT2D eigenvalue weighted by Crippen LogP contribution is -2.44. The van der Waals surface area contributed by atoms with Gasteiger partial charge in [-0.25, -0.2) is 0 Å². The highest BCUT2D eigenvalue weighted by molar-refractivity contribution is 5.12. The normalized spacial score (nSPS) is 24.2. The number of rotatable bonds is 7. The summed E-state index contributed by atoms with van der Waals surface area (Å²) >= 11 is 0. The summed E-state index contributed by atoms with van der Waals surface area (Å²) in [6.45, 7) is 4.45. The van der Waals surface area contributed by atoms with Gasteiger partial charge in [-0.05, 0) is 37.2 Å². The van der Waals surface area contributed by atoms with E-state index in [1.54, 1.807) is 0 Å². The average molecular weight is 292 g/mol. The second-order valence-corrected chi connectivity index (χ2v) is 6.65. The van der Waals surface area contributed by atoms with Crippen LogP contribution in [0.25, 0.3) is 0 Å². The molecule has 1 aliphatic rings. The van der Waals surface area contributed by atoms with Crippen molar-refractivity contribution in [2.75, 3.05) is 0 Å². The van der Waals surface area contributed by atoms with E-state index in [0.717, 1.165) is 18.8 Å². The number of hydrogen-bond donors (Lipinski definition) is 2. The fraction of sp³-hybridized carbons (Fsp3) is 0.824. The first-order valence-corrected chi connectivity index (χ1v) is 8.65. The van der Waals surface area contributed by atoms with E-state index in [2.05, 4.69) is 30.4 Å². The molecule has 0 aromatic carbocycles. The zero-order valence-electron chi connectivity index (χ0n) is 13.9. The molecule has 4 heteroatoms. The Balaban J connectivity index is 1.92. The van der Waals surface area contributed by atoms with Gasteiger partial charge in [0.15, 0.2) is 0 Å². The maximum Gasteiger partial charge on any atom is 0.0624 e. The molecule has 1 unspecified atom stereocenters. The van der Waals surface area contributed by atoms with Gasteiger partial charge in [0.25, 0.3) is 0 Å². The van der Waals surface area contributed by atoms with Crippen LogP contribution in [0.3, 0.4) is 0 Å². The molecule has 0 radical (unpaired) electrons. The molecule has 1 atom stereocenters. The van der Waals surface area contributed by atoms with Crippen LogP contribution in [0.5, 0.6) is 0 Å². The Morgan fingerprint density at radius 1 is 1.33 bits per heavy atom. The number of hydrogen-bond acceptors (Lipinski definition) is 3. The zero-order chi connectivity index (χ0) is 15.2. The van der Waals surface area contributed by atoms with E-state index in [-0.39, 0.29) is 0 Å². The van der Waals surface area contributed by atoms with Crippen LogP contribution in [0, 0.1) is 11.8 Å². The highest BCUT2D eigenvalue weighted by atomic mass is 15.3. The highest BCUT2D eigenvalue weighted by Gasteiger charge is 2.27. The first-order valence-electron chi connectivity index (χ1n) is 8.65. The lowest BCUT2D eigenvalue weighted by molar-refractivity contribution is 0.211. The van der Waals surface area contributed by atoms with Crippen molar-refractivity contribution in [3.05, 3.63) is 17.5 Å². The number of aryl methyl sites for hydroxylation is 2. The monoisotopic (exact) mass is 292 g/mol. The Morgan fingerprint density at radius 3 is 2.57 bits per heavy atom. The van der Waals surface area contributed by atoms with Crippen molar-refractivity contribution in [1.29, 1.82) is 0 Å². The summed E-state index contributed by atoms with van der Waals surface area (Å²) in [5.41, 5.74) is 5.55. The molecule has 0 amide bonds. The van der Waals surface area contributed by atoms with E-state index >= 15 is 0 Å². The van der Waals surface area contributed by atoms with Crippen molar-refractivity contribution < 1.29 is 0 Å². The van der Waals surface area contributed by atoms with E-state index in [0.29, 0.717) is 12.0 Å². The Kier molecular flexibility index (Phi) is 6.24. The van der Waals surface area contributed by atoms with E-state index in [1.807, 2.05) is 11.7 Å². The molecule has 1 aromatic heterocycles. The second kappa shape index (κ2) is 7.95. The molecule has 3 N–H and O–H groups in total. The standard InChI is InChI=1S/C17H32N4/c1-4-6-13-7-9-14(10-8-13)17(19-18)12-16-11-15(5-2)20-21(16)3/h11,13-14,17,19H,4-10,12,18H2,1-3H3. The number of nitrogens with zero attached hydrogens (tertiary/aromatic N) is 2. The lowest BCUT2D eigenvalue weighted by atomic mass is 9.76. The first-order chi connectivity index (χ1) is 10.2. The predicted octanol–water partition coefficient (Wildman–Crippen LogP) is 2.96. The zero-order valence-corrected chi connectivity index (χ0v) is 13.9. The molecule has 21 heavy (non-hydrogen) atoms. The molecule has 0 aliphatic heterocycles. The summed E-state index contributed by atoms with van der Waals surface area (Å²) in [5.74, 6) is 7.52. The summed E-state index contributed by atoms with van der Waals surface area (Å²) in [6, 6.07) is 2.61. The van der Waals surface area contributed by atoms with E-state index in [9.17, 15) is 0 Å². The average Bonchev–Trinajstić information content (AvgIpc) is 2.86. The Bertz CT molecular complexity index is 418. The minimum atomic E-state index is 0.382. The van der Waals surface area contributed by atoms with E-state index < -0.39 is 0 Å². The number of aromatic nitrogens is 2. The van der Waals surface area contributed by atoms with E-state index in [1.165, 1.54) is 49.9 Å². The van der Waals surface area contributed by atoms with Gasteiger partial charge in [-0.2, -0.15) is 5.10 Å². The Labute approximate surface area is 129 Å². The lowest BCUT2D eigenvalue weighted by Gasteiger charge is -2.33. The van der Waals surface area contributed by atoms with Gasteiger partial charge in [0.1, 0.15) is 0 Å². The summed E-state index contributed by atoms with van der Waals surface area (Å²) < 4.78 is 2.02. The van der Waals surface area contributed by atoms with Crippen LogP contribution in [-0.2, 0) is 19.9 Å². The molecule has 1 fully saturated rings. The predicted molar refractivity (Wildman–Crippen MR) is 87.8 cm³/mol. The third-order valence-corrected chi connectivity index (χ3v) is 5.19. The van der Waals surface area contributed by atoms with Crippen LogP contribution in [0.15, 0.2) is 6.07 Å². The molecule has 0 spiro atoms. The van der Waals surface area contributed by atoms with Crippen molar-refractivity contribution in [1.82, 2.24) is 15.2 Å². The third-order valence-electron chi connectivity index (χ3n) is 5.19. The van der Waals surface area contributed by atoms with Gasteiger partial charge in [-0.3, -0.25) is 16.0 Å². The van der Waals surface area contributed by atoms with Crippen molar-refractivity contribution >= 4 is 0 Å². The van der Waals surface area contributed by atoms with Crippen LogP contribution in [0.4, 0.5) is 0 Å². The molecule has 1 saturated carbocycles. The number of nitrogens with one attached hydrogen (secondary N) is 1. The first kappa shape index (κ1) is 16.5. The topological polar surface area (TPSA) is 55.9 Å². The van der Waals surface area contributed by atoms with Gasteiger partial charge in [0, 0.05) is 25.2 Å². The maximum atomic E-state index is 5.85. The van der Waals surface area contributed by atoms with Crippen LogP contribution in [0.2, 0.25) is 0 Å². The minimum absolute atomic E-state index is 0.382. The quantitative estimate of drug-likeness (QED) is 0.600. The minimum Gasteiger partial charge on any atom is -0.272 e. The van der Waals surface area contributed by atoms with Crippen LogP contribution < -0.4 is 11.3 Å². The maximum absolute atomic E-state index is 5.85. The summed E-state index contributed by atoms with van der Waals surface area (Å²) in [6.07, 6.45) is 10.1. The Hall–Kier alpha value is -0.870. The van der Waals surface area contributed by atoms with Gasteiger partial charge < -0.3 is 0 Å². The molecule has 1 aliphatic carbocycles. The van der Waals surface area contributed by atoms with Crippen molar-refractivity contribution in [2.24, 2.45) is 24.7 Å². The largest absolute Gasteiger partial charge is 0.272 e. The molecule has 0 saturated heterocycles. The number of hydrazine groups is 1. The van der Waals surface area contributed by atoms with Crippen LogP contribution in [0.1, 0.15) is 63.8 Å². The highest BCUT2D eigenvalue weighted by Crippen LogP contribution is 2.33. The van der Waals surface area contributed by atoms with Gasteiger partial charge in [-0.1, -0.05) is 39.5 Å². The third kappa shape index (κ3) is 4.30. The van der Waals surface area contributed by atoms with E-state index in [4.69, 9.17) is 5.84 Å². The smallest absolute Gasteiger partial charge is 0.0624 e. The van der Waals surface area contributed by atoms with Gasteiger partial charge in [0.05, 0.1) is 5.69 Å². The SMILES string of the molecule is CCCC1CCC(C(Cc2cc(CC)nn2C)NN)CC1. The van der Waals surface area contributed by atoms with Gasteiger partial charge >= 0.3 is 0 Å². The van der Waals surface area contributed by atoms with Crippen molar-refractivity contribution in [2.45, 2.75) is 71.3 Å². The van der Waals surface area contributed by atoms with Crippen LogP contribution >= 0.6 is 0 Å². The molecule has 0 bridgehead atoms.